The van der Waals surface area contributed by atoms with E-state index in [0.29, 0.717) is 16.6 Å². The Labute approximate surface area is 201 Å². The Bertz CT molecular complexity index is 1220. The zero-order valence-corrected chi connectivity index (χ0v) is 19.5. The lowest BCUT2D eigenvalue weighted by molar-refractivity contribution is -0.143. The molecule has 7 nitrogen and oxygen atoms in total. The van der Waals surface area contributed by atoms with E-state index in [1.165, 1.54) is 30.3 Å². The SMILES string of the molecule is Cc1nn(Cc2ccccc2Cl)c(C)c1C=CC(=O)OCC(=O)NC(=O)c1ccc(Cl)cc1. The third kappa shape index (κ3) is 6.54. The zero-order valence-electron chi connectivity index (χ0n) is 18.0. The van der Waals surface area contributed by atoms with Crippen LogP contribution in [0, 0.1) is 13.8 Å². The molecule has 33 heavy (non-hydrogen) atoms. The maximum absolute atomic E-state index is 12.0. The monoisotopic (exact) mass is 485 g/mol. The molecule has 0 saturated carbocycles. The van der Waals surface area contributed by atoms with Gasteiger partial charge in [-0.25, -0.2) is 4.79 Å². The average Bonchev–Trinajstić information content (AvgIpc) is 3.05. The molecule has 2 aromatic carbocycles. The summed E-state index contributed by atoms with van der Waals surface area (Å²) in [7, 11) is 0. The molecule has 1 N–H and O–H groups in total. The molecule has 3 aromatic rings. The fourth-order valence-corrected chi connectivity index (χ4v) is 3.39. The van der Waals surface area contributed by atoms with Gasteiger partial charge in [0.1, 0.15) is 0 Å². The molecule has 0 aliphatic rings. The van der Waals surface area contributed by atoms with Gasteiger partial charge < -0.3 is 4.74 Å². The molecule has 0 fully saturated rings. The predicted octanol–water partition coefficient (Wildman–Crippen LogP) is 4.37. The second-order valence-corrected chi connectivity index (χ2v) is 8.00. The fourth-order valence-electron chi connectivity index (χ4n) is 3.07. The highest BCUT2D eigenvalue weighted by Gasteiger charge is 2.13. The Balaban J connectivity index is 1.55. The molecule has 0 saturated heterocycles. The van der Waals surface area contributed by atoms with Crippen molar-refractivity contribution < 1.29 is 19.1 Å². The van der Waals surface area contributed by atoms with E-state index in [0.717, 1.165) is 22.5 Å². The predicted molar refractivity (Wildman–Crippen MR) is 126 cm³/mol. The molecule has 0 aliphatic heterocycles. The number of carbonyl (C=O) groups is 3. The van der Waals surface area contributed by atoms with Crippen LogP contribution in [-0.4, -0.2) is 34.2 Å². The molecule has 170 valence electrons. The molecule has 0 radical (unpaired) electrons. The Kier molecular flexibility index (Phi) is 8.03. The number of nitrogens with one attached hydrogen (secondary N) is 1. The summed E-state index contributed by atoms with van der Waals surface area (Å²) in [6, 6.07) is 13.5. The minimum absolute atomic E-state index is 0.263. The van der Waals surface area contributed by atoms with Gasteiger partial charge in [-0.3, -0.25) is 19.6 Å². The van der Waals surface area contributed by atoms with E-state index in [1.807, 2.05) is 38.1 Å². The molecule has 1 heterocycles. The molecule has 3 rings (SSSR count). The van der Waals surface area contributed by atoms with Gasteiger partial charge in [-0.15, -0.1) is 0 Å². The lowest BCUT2D eigenvalue weighted by Gasteiger charge is -2.06. The topological polar surface area (TPSA) is 90.3 Å². The number of hydrogen-bond donors (Lipinski definition) is 1. The van der Waals surface area contributed by atoms with E-state index in [2.05, 4.69) is 10.4 Å². The van der Waals surface area contributed by atoms with Crippen molar-refractivity contribution in [1.82, 2.24) is 15.1 Å². The first-order chi connectivity index (χ1) is 15.7. The van der Waals surface area contributed by atoms with Gasteiger partial charge in [-0.1, -0.05) is 41.4 Å². The Morgan fingerprint density at radius 3 is 2.45 bits per heavy atom. The Morgan fingerprint density at radius 2 is 1.76 bits per heavy atom. The van der Waals surface area contributed by atoms with E-state index in [4.69, 9.17) is 27.9 Å². The number of halogens is 2. The van der Waals surface area contributed by atoms with Gasteiger partial charge >= 0.3 is 5.97 Å². The molecule has 1 aromatic heterocycles. The molecule has 0 unspecified atom stereocenters. The molecular formula is C24H21Cl2N3O4. The average molecular weight is 486 g/mol. The number of aryl methyl sites for hydroxylation is 1. The number of carbonyl (C=O) groups excluding carboxylic acids is 3. The van der Waals surface area contributed by atoms with Crippen LogP contribution in [0.1, 0.15) is 32.9 Å². The quantitative estimate of drug-likeness (QED) is 0.396. The summed E-state index contributed by atoms with van der Waals surface area (Å²) in [6.45, 7) is 3.62. The summed E-state index contributed by atoms with van der Waals surface area (Å²) >= 11 is 12.0. The van der Waals surface area contributed by atoms with Crippen molar-refractivity contribution in [2.75, 3.05) is 6.61 Å². The van der Waals surface area contributed by atoms with Crippen LogP contribution in [0.15, 0.2) is 54.6 Å². The van der Waals surface area contributed by atoms with Crippen LogP contribution in [0.2, 0.25) is 10.0 Å². The first-order valence-corrected chi connectivity index (χ1v) is 10.7. The first kappa shape index (κ1) is 24.2. The second kappa shape index (κ2) is 10.9. The normalized spacial score (nSPS) is 10.9. The van der Waals surface area contributed by atoms with E-state index < -0.39 is 24.4 Å². The molecule has 0 atom stereocenters. The highest BCUT2D eigenvalue weighted by molar-refractivity contribution is 6.31. The van der Waals surface area contributed by atoms with E-state index in [1.54, 1.807) is 10.8 Å². The summed E-state index contributed by atoms with van der Waals surface area (Å²) in [5.41, 5.74) is 3.54. The minimum atomic E-state index is -0.739. The van der Waals surface area contributed by atoms with Gasteiger partial charge in [0.2, 0.25) is 0 Å². The number of benzene rings is 2. The molecule has 2 amide bonds. The smallest absolute Gasteiger partial charge is 0.331 e. The first-order valence-electron chi connectivity index (χ1n) is 9.96. The van der Waals surface area contributed by atoms with Crippen molar-refractivity contribution in [2.24, 2.45) is 0 Å². The summed E-state index contributed by atoms with van der Waals surface area (Å²) in [5, 5.41) is 7.78. The van der Waals surface area contributed by atoms with Gasteiger partial charge in [-0.05, 0) is 55.8 Å². The van der Waals surface area contributed by atoms with E-state index in [-0.39, 0.29) is 5.56 Å². The molecule has 0 bridgehead atoms. The van der Waals surface area contributed by atoms with Gasteiger partial charge in [0.05, 0.1) is 12.2 Å². The van der Waals surface area contributed by atoms with Crippen molar-refractivity contribution >= 4 is 47.1 Å². The number of imide groups is 1. The number of hydrogen-bond acceptors (Lipinski definition) is 5. The molecular weight excluding hydrogens is 465 g/mol. The van der Waals surface area contributed by atoms with Crippen molar-refractivity contribution in [1.29, 1.82) is 0 Å². The van der Waals surface area contributed by atoms with Crippen molar-refractivity contribution in [3.63, 3.8) is 0 Å². The van der Waals surface area contributed by atoms with Gasteiger partial charge in [-0.2, -0.15) is 5.10 Å². The van der Waals surface area contributed by atoms with Crippen LogP contribution in [0.3, 0.4) is 0 Å². The number of rotatable bonds is 7. The molecule has 0 aliphatic carbocycles. The van der Waals surface area contributed by atoms with Crippen LogP contribution in [0.5, 0.6) is 0 Å². The Hall–Kier alpha value is -3.42. The van der Waals surface area contributed by atoms with Crippen LogP contribution in [0.25, 0.3) is 6.08 Å². The number of ether oxygens (including phenoxy) is 1. The van der Waals surface area contributed by atoms with Gasteiger partial charge in [0.15, 0.2) is 6.61 Å². The highest BCUT2D eigenvalue weighted by atomic mass is 35.5. The van der Waals surface area contributed by atoms with E-state index in [9.17, 15) is 14.4 Å². The van der Waals surface area contributed by atoms with Crippen LogP contribution in [-0.2, 0) is 20.9 Å². The van der Waals surface area contributed by atoms with E-state index >= 15 is 0 Å². The summed E-state index contributed by atoms with van der Waals surface area (Å²) < 4.78 is 6.73. The summed E-state index contributed by atoms with van der Waals surface area (Å²) in [4.78, 5) is 36.0. The maximum atomic E-state index is 12.0. The number of aromatic nitrogens is 2. The van der Waals surface area contributed by atoms with Crippen molar-refractivity contribution in [2.45, 2.75) is 20.4 Å². The third-order valence-electron chi connectivity index (χ3n) is 4.81. The zero-order chi connectivity index (χ0) is 24.0. The van der Waals surface area contributed by atoms with Crippen LogP contribution >= 0.6 is 23.2 Å². The lowest BCUT2D eigenvalue weighted by Crippen LogP contribution is -2.34. The standard InChI is InChI=1S/C24H21Cl2N3O4/c1-15-20(16(2)29(28-15)13-18-5-3-4-6-21(18)26)11-12-23(31)33-14-22(30)27-24(32)17-7-9-19(25)10-8-17/h3-12H,13-14H2,1-2H3,(H,27,30,32). The number of nitrogens with zero attached hydrogens (tertiary/aromatic N) is 2. The highest BCUT2D eigenvalue weighted by Crippen LogP contribution is 2.20. The maximum Gasteiger partial charge on any atom is 0.331 e. The second-order valence-electron chi connectivity index (χ2n) is 7.16. The van der Waals surface area contributed by atoms with Crippen molar-refractivity contribution in [3.8, 4) is 0 Å². The fraction of sp³-hybridized carbons (Fsp3) is 0.167. The molecule has 9 heteroatoms. The third-order valence-corrected chi connectivity index (χ3v) is 5.43. The minimum Gasteiger partial charge on any atom is -0.452 e. The lowest BCUT2D eigenvalue weighted by atomic mass is 10.1. The largest absolute Gasteiger partial charge is 0.452 e. The van der Waals surface area contributed by atoms with Crippen LogP contribution < -0.4 is 5.32 Å². The summed E-state index contributed by atoms with van der Waals surface area (Å²) in [5.74, 6) is -2.07. The number of esters is 1. The molecule has 0 spiro atoms. The summed E-state index contributed by atoms with van der Waals surface area (Å²) in [6.07, 6.45) is 2.80. The van der Waals surface area contributed by atoms with Crippen molar-refractivity contribution in [3.05, 3.63) is 92.7 Å². The van der Waals surface area contributed by atoms with Gasteiger partial charge in [0.25, 0.3) is 11.8 Å². The number of amides is 2. The van der Waals surface area contributed by atoms with Gasteiger partial charge in [0, 0.05) is 32.9 Å². The Morgan fingerprint density at radius 1 is 1.06 bits per heavy atom. The van der Waals surface area contributed by atoms with Crippen LogP contribution in [0.4, 0.5) is 0 Å².